The predicted octanol–water partition coefficient (Wildman–Crippen LogP) is 2.23. The topological polar surface area (TPSA) is 43.4 Å². The highest BCUT2D eigenvalue weighted by molar-refractivity contribution is 5.73. The van der Waals surface area contributed by atoms with E-state index < -0.39 is 0 Å². The second kappa shape index (κ2) is 6.84. The number of carbonyl (C=O) groups excluding carboxylic acids is 2. The Bertz CT molecular complexity index is 396. The second-order valence-corrected chi connectivity index (χ2v) is 3.96. The monoisotopic (exact) mass is 234 g/mol. The van der Waals surface area contributed by atoms with E-state index in [4.69, 9.17) is 4.74 Å². The van der Waals surface area contributed by atoms with Crippen molar-refractivity contribution in [3.05, 3.63) is 34.9 Å². The van der Waals surface area contributed by atoms with Gasteiger partial charge in [-0.3, -0.25) is 4.79 Å². The molecule has 0 N–H and O–H groups in total. The lowest BCUT2D eigenvalue weighted by atomic mass is 9.98. The smallest absolute Gasteiger partial charge is 0.310 e. The van der Waals surface area contributed by atoms with Crippen LogP contribution in [-0.4, -0.2) is 18.9 Å². The maximum absolute atomic E-state index is 11.5. The molecule has 0 aromatic heterocycles. The molecule has 0 unspecified atom stereocenters. The van der Waals surface area contributed by atoms with Crippen molar-refractivity contribution in [2.45, 2.75) is 33.1 Å². The fourth-order valence-electron chi connectivity index (χ4n) is 1.75. The summed E-state index contributed by atoms with van der Waals surface area (Å²) in [5, 5.41) is 0. The summed E-state index contributed by atoms with van der Waals surface area (Å²) in [6, 6.07) is 5.96. The Hall–Kier alpha value is -1.64. The van der Waals surface area contributed by atoms with E-state index >= 15 is 0 Å². The number of aldehydes is 1. The van der Waals surface area contributed by atoms with Gasteiger partial charge in [0.25, 0.3) is 0 Å². The van der Waals surface area contributed by atoms with Crippen molar-refractivity contribution in [2.24, 2.45) is 0 Å². The molecule has 3 nitrogen and oxygen atoms in total. The van der Waals surface area contributed by atoms with Crippen molar-refractivity contribution in [1.29, 1.82) is 0 Å². The van der Waals surface area contributed by atoms with Crippen LogP contribution in [0, 0.1) is 6.92 Å². The fraction of sp³-hybridized carbons (Fsp3) is 0.429. The van der Waals surface area contributed by atoms with Crippen LogP contribution in [0.2, 0.25) is 0 Å². The number of hydrogen-bond donors (Lipinski definition) is 0. The summed E-state index contributed by atoms with van der Waals surface area (Å²) in [4.78, 5) is 21.8. The zero-order chi connectivity index (χ0) is 12.7. The molecule has 0 aliphatic carbocycles. The molecule has 0 saturated heterocycles. The van der Waals surface area contributed by atoms with Gasteiger partial charge in [0.1, 0.15) is 6.29 Å². The lowest BCUT2D eigenvalue weighted by Gasteiger charge is -2.09. The Balaban J connectivity index is 2.82. The number of ether oxygens (including phenoxy) is 1. The van der Waals surface area contributed by atoms with Crippen LogP contribution < -0.4 is 0 Å². The minimum absolute atomic E-state index is 0.217. The molecule has 1 rings (SSSR count). The van der Waals surface area contributed by atoms with Crippen molar-refractivity contribution in [3.63, 3.8) is 0 Å². The molecule has 0 heterocycles. The number of benzene rings is 1. The quantitative estimate of drug-likeness (QED) is 0.560. The highest BCUT2D eigenvalue weighted by atomic mass is 16.5. The third-order valence-electron chi connectivity index (χ3n) is 2.53. The van der Waals surface area contributed by atoms with Gasteiger partial charge in [-0.25, -0.2) is 0 Å². The molecule has 0 saturated carbocycles. The summed E-state index contributed by atoms with van der Waals surface area (Å²) in [5.74, 6) is -0.217. The molecule has 0 radical (unpaired) electrons. The molecule has 17 heavy (non-hydrogen) atoms. The molecule has 1 aromatic rings. The summed E-state index contributed by atoms with van der Waals surface area (Å²) in [7, 11) is 0. The lowest BCUT2D eigenvalue weighted by molar-refractivity contribution is -0.142. The lowest BCUT2D eigenvalue weighted by Crippen LogP contribution is -2.09. The zero-order valence-electron chi connectivity index (χ0n) is 10.4. The first-order valence-electron chi connectivity index (χ1n) is 5.85. The van der Waals surface area contributed by atoms with Crippen molar-refractivity contribution in [3.8, 4) is 0 Å². The normalized spacial score (nSPS) is 10.0. The number of carbonyl (C=O) groups is 2. The van der Waals surface area contributed by atoms with Crippen LogP contribution in [0.1, 0.15) is 30.0 Å². The van der Waals surface area contributed by atoms with Crippen molar-refractivity contribution in [2.75, 3.05) is 6.61 Å². The largest absolute Gasteiger partial charge is 0.466 e. The standard InChI is InChI=1S/C14H18O3/c1-3-17-14(16)10-13-9-11(2)6-7-12(13)5-4-8-15/h6-9H,3-5,10H2,1-2H3. The van der Waals surface area contributed by atoms with Gasteiger partial charge in [-0.1, -0.05) is 23.8 Å². The highest BCUT2D eigenvalue weighted by Gasteiger charge is 2.09. The second-order valence-electron chi connectivity index (χ2n) is 3.96. The van der Waals surface area contributed by atoms with Crippen LogP contribution in [0.15, 0.2) is 18.2 Å². The number of hydrogen-bond acceptors (Lipinski definition) is 3. The molecule has 0 aliphatic heterocycles. The van der Waals surface area contributed by atoms with Crippen molar-refractivity contribution in [1.82, 2.24) is 0 Å². The molecule has 0 aliphatic rings. The van der Waals surface area contributed by atoms with E-state index in [0.717, 1.165) is 23.0 Å². The van der Waals surface area contributed by atoms with Gasteiger partial charge in [0, 0.05) is 6.42 Å². The van der Waals surface area contributed by atoms with E-state index in [1.165, 1.54) is 0 Å². The Kier molecular flexibility index (Phi) is 5.40. The van der Waals surface area contributed by atoms with Gasteiger partial charge in [-0.05, 0) is 31.4 Å². The van der Waals surface area contributed by atoms with Crippen molar-refractivity contribution < 1.29 is 14.3 Å². The first-order valence-corrected chi connectivity index (χ1v) is 5.85. The van der Waals surface area contributed by atoms with Crippen molar-refractivity contribution >= 4 is 12.3 Å². The SMILES string of the molecule is CCOC(=O)Cc1cc(C)ccc1CCC=O. The molecular formula is C14H18O3. The van der Waals surface area contributed by atoms with E-state index in [2.05, 4.69) is 0 Å². The Morgan fingerprint density at radius 1 is 1.35 bits per heavy atom. The number of aryl methyl sites for hydroxylation is 2. The minimum Gasteiger partial charge on any atom is -0.466 e. The van der Waals surface area contributed by atoms with Gasteiger partial charge in [-0.15, -0.1) is 0 Å². The first-order chi connectivity index (χ1) is 8.17. The summed E-state index contributed by atoms with van der Waals surface area (Å²) in [6.07, 6.45) is 2.34. The van der Waals surface area contributed by atoms with Crippen LogP contribution in [0.25, 0.3) is 0 Å². The summed E-state index contributed by atoms with van der Waals surface area (Å²) < 4.78 is 4.94. The van der Waals surface area contributed by atoms with Gasteiger partial charge in [0.2, 0.25) is 0 Å². The van der Waals surface area contributed by atoms with Crippen LogP contribution >= 0.6 is 0 Å². The van der Waals surface area contributed by atoms with Crippen LogP contribution in [0.5, 0.6) is 0 Å². The third kappa shape index (κ3) is 4.39. The predicted molar refractivity (Wildman–Crippen MR) is 65.9 cm³/mol. The van der Waals surface area contributed by atoms with Gasteiger partial charge in [0.15, 0.2) is 0 Å². The number of esters is 1. The van der Waals surface area contributed by atoms with E-state index in [0.29, 0.717) is 19.4 Å². The van der Waals surface area contributed by atoms with Crippen LogP contribution in [-0.2, 0) is 27.2 Å². The minimum atomic E-state index is -0.217. The maximum atomic E-state index is 11.5. The molecule has 0 amide bonds. The van der Waals surface area contributed by atoms with Gasteiger partial charge >= 0.3 is 5.97 Å². The molecule has 92 valence electrons. The Morgan fingerprint density at radius 2 is 2.12 bits per heavy atom. The molecule has 0 bridgehead atoms. The maximum Gasteiger partial charge on any atom is 0.310 e. The van der Waals surface area contributed by atoms with Crippen LogP contribution in [0.3, 0.4) is 0 Å². The van der Waals surface area contributed by atoms with E-state index in [9.17, 15) is 9.59 Å². The van der Waals surface area contributed by atoms with E-state index in [1.54, 1.807) is 6.92 Å². The highest BCUT2D eigenvalue weighted by Crippen LogP contribution is 2.14. The van der Waals surface area contributed by atoms with Gasteiger partial charge < -0.3 is 9.53 Å². The third-order valence-corrected chi connectivity index (χ3v) is 2.53. The molecule has 0 fully saturated rings. The van der Waals surface area contributed by atoms with E-state index in [1.807, 2.05) is 25.1 Å². The Labute approximate surface area is 102 Å². The molecule has 0 atom stereocenters. The van der Waals surface area contributed by atoms with E-state index in [-0.39, 0.29) is 12.4 Å². The molecular weight excluding hydrogens is 216 g/mol. The van der Waals surface area contributed by atoms with Gasteiger partial charge in [-0.2, -0.15) is 0 Å². The first kappa shape index (κ1) is 13.4. The average Bonchev–Trinajstić information content (AvgIpc) is 2.28. The van der Waals surface area contributed by atoms with Crippen LogP contribution in [0.4, 0.5) is 0 Å². The molecule has 1 aromatic carbocycles. The summed E-state index contributed by atoms with van der Waals surface area (Å²) >= 11 is 0. The summed E-state index contributed by atoms with van der Waals surface area (Å²) in [5.41, 5.74) is 3.13. The average molecular weight is 234 g/mol. The summed E-state index contributed by atoms with van der Waals surface area (Å²) in [6.45, 7) is 4.17. The molecule has 3 heteroatoms. The number of rotatable bonds is 6. The molecule has 0 spiro atoms. The Morgan fingerprint density at radius 3 is 2.76 bits per heavy atom. The zero-order valence-corrected chi connectivity index (χ0v) is 10.4. The fourth-order valence-corrected chi connectivity index (χ4v) is 1.75. The van der Waals surface area contributed by atoms with Gasteiger partial charge in [0.05, 0.1) is 13.0 Å².